The summed E-state index contributed by atoms with van der Waals surface area (Å²) in [6.45, 7) is 2.74. The van der Waals surface area contributed by atoms with Crippen LogP contribution in [0.15, 0.2) is 44.9 Å². The Kier molecular flexibility index (Phi) is 5.59. The van der Waals surface area contributed by atoms with E-state index in [4.69, 9.17) is 9.73 Å². The van der Waals surface area contributed by atoms with Crippen molar-refractivity contribution in [3.63, 3.8) is 0 Å². The fraction of sp³-hybridized carbons (Fsp3) is 0.450. The summed E-state index contributed by atoms with van der Waals surface area (Å²) in [5.41, 5.74) is 2.17. The topological polar surface area (TPSA) is 71.0 Å². The van der Waals surface area contributed by atoms with Crippen LogP contribution in [0.1, 0.15) is 43.5 Å². The first kappa shape index (κ1) is 19.3. The number of carbonyl (C=O) groups is 2. The highest BCUT2D eigenvalue weighted by molar-refractivity contribution is 8.16. The molecule has 0 radical (unpaired) electrons. The monoisotopic (exact) mass is 417 g/mol. The predicted molar refractivity (Wildman–Crippen MR) is 112 cm³/mol. The quantitative estimate of drug-likeness (QED) is 0.683. The molecule has 4 rings (SSSR count). The van der Waals surface area contributed by atoms with E-state index in [0.717, 1.165) is 28.0 Å². The van der Waals surface area contributed by atoms with Crippen LogP contribution in [-0.4, -0.2) is 35.6 Å². The number of thioether (sulfide) groups is 1. The lowest BCUT2D eigenvalue weighted by molar-refractivity contribution is -0.136. The number of hydrogen-bond acceptors (Lipinski definition) is 7. The minimum atomic E-state index is -0.368. The highest BCUT2D eigenvalue weighted by Crippen LogP contribution is 2.46. The second kappa shape index (κ2) is 8.13. The standard InChI is InChI=1S/C20H23N3O3S2/c1-3-14-17(19(25)26-2)18(15-5-4-8-27-15)23-13(11-28-20(23)22-14)9-16(24)21-10-12-6-7-12/h4-5,8,11-12,18H,3,6-7,9-10H2,1-2H3,(H,21,24). The lowest BCUT2D eigenvalue weighted by Gasteiger charge is -2.35. The highest BCUT2D eigenvalue weighted by atomic mass is 32.2. The number of rotatable bonds is 7. The molecule has 0 spiro atoms. The van der Waals surface area contributed by atoms with Gasteiger partial charge in [-0.25, -0.2) is 9.79 Å². The first-order chi connectivity index (χ1) is 13.6. The van der Waals surface area contributed by atoms with Crippen LogP contribution in [0.5, 0.6) is 0 Å². The molecule has 0 bridgehead atoms. The van der Waals surface area contributed by atoms with Crippen molar-refractivity contribution >= 4 is 40.1 Å². The molecule has 1 aromatic rings. The van der Waals surface area contributed by atoms with Crippen molar-refractivity contribution in [3.05, 3.63) is 44.8 Å². The lowest BCUT2D eigenvalue weighted by Crippen LogP contribution is -2.38. The van der Waals surface area contributed by atoms with Gasteiger partial charge in [-0.05, 0) is 42.0 Å². The molecule has 1 N–H and O–H groups in total. The molecule has 1 aliphatic carbocycles. The zero-order valence-electron chi connectivity index (χ0n) is 15.9. The first-order valence-corrected chi connectivity index (χ1v) is 11.2. The fourth-order valence-corrected chi connectivity index (χ4v) is 5.20. The molecule has 1 saturated carbocycles. The van der Waals surface area contributed by atoms with Gasteiger partial charge in [-0.1, -0.05) is 24.8 Å². The smallest absolute Gasteiger partial charge is 0.338 e. The number of carbonyl (C=O) groups excluding carboxylic acids is 2. The molecule has 1 fully saturated rings. The van der Waals surface area contributed by atoms with Gasteiger partial charge in [0.1, 0.15) is 6.04 Å². The Balaban J connectivity index is 1.64. The summed E-state index contributed by atoms with van der Waals surface area (Å²) in [4.78, 5) is 32.9. The molecule has 6 nitrogen and oxygen atoms in total. The van der Waals surface area contributed by atoms with Crippen LogP contribution < -0.4 is 5.32 Å². The molecule has 148 valence electrons. The molecule has 8 heteroatoms. The third-order valence-corrected chi connectivity index (χ3v) is 6.88. The maximum absolute atomic E-state index is 12.7. The average molecular weight is 418 g/mol. The van der Waals surface area contributed by atoms with E-state index in [9.17, 15) is 9.59 Å². The minimum absolute atomic E-state index is 0.00909. The van der Waals surface area contributed by atoms with Crippen molar-refractivity contribution < 1.29 is 14.3 Å². The summed E-state index contributed by atoms with van der Waals surface area (Å²) >= 11 is 3.10. The number of allylic oxidation sites excluding steroid dienone is 1. The molecular formula is C20H23N3O3S2. The van der Waals surface area contributed by atoms with Gasteiger partial charge in [0.05, 0.1) is 24.8 Å². The average Bonchev–Trinajstić information content (AvgIpc) is 3.21. The number of ether oxygens (including phenoxy) is 1. The summed E-state index contributed by atoms with van der Waals surface area (Å²) in [6, 6.07) is 3.68. The van der Waals surface area contributed by atoms with E-state index in [1.165, 1.54) is 31.7 Å². The normalized spacial score (nSPS) is 21.2. The number of amides is 1. The summed E-state index contributed by atoms with van der Waals surface area (Å²) in [5.74, 6) is 0.283. The maximum Gasteiger partial charge on any atom is 0.338 e. The zero-order chi connectivity index (χ0) is 19.7. The number of esters is 1. The maximum atomic E-state index is 12.7. The van der Waals surface area contributed by atoms with E-state index < -0.39 is 0 Å². The number of aliphatic imine (C=N–C) groups is 1. The molecule has 28 heavy (non-hydrogen) atoms. The third-order valence-electron chi connectivity index (χ3n) is 5.07. The van der Waals surface area contributed by atoms with Gasteiger partial charge in [0.25, 0.3) is 0 Å². The highest BCUT2D eigenvalue weighted by Gasteiger charge is 2.41. The second-order valence-electron chi connectivity index (χ2n) is 7.04. The van der Waals surface area contributed by atoms with Gasteiger partial charge in [0.15, 0.2) is 5.17 Å². The molecule has 1 unspecified atom stereocenters. The van der Waals surface area contributed by atoms with Crippen LogP contribution >= 0.6 is 23.1 Å². The summed E-state index contributed by atoms with van der Waals surface area (Å²) in [5, 5.41) is 7.81. The number of methoxy groups -OCH3 is 1. The molecule has 0 aromatic carbocycles. The van der Waals surface area contributed by atoms with Crippen LogP contribution in [0.3, 0.4) is 0 Å². The Morgan fingerprint density at radius 2 is 2.21 bits per heavy atom. The summed E-state index contributed by atoms with van der Waals surface area (Å²) < 4.78 is 5.09. The number of amidine groups is 1. The molecule has 1 aromatic heterocycles. The van der Waals surface area contributed by atoms with Gasteiger partial charge in [-0.15, -0.1) is 11.3 Å². The van der Waals surface area contributed by atoms with Crippen LogP contribution in [0.2, 0.25) is 0 Å². The molecule has 1 atom stereocenters. The van der Waals surface area contributed by atoms with Gasteiger partial charge in [0, 0.05) is 17.1 Å². The lowest BCUT2D eigenvalue weighted by atomic mass is 9.98. The fourth-order valence-electron chi connectivity index (χ4n) is 3.44. The van der Waals surface area contributed by atoms with E-state index in [1.54, 1.807) is 11.3 Å². The van der Waals surface area contributed by atoms with Gasteiger partial charge >= 0.3 is 5.97 Å². The van der Waals surface area contributed by atoms with E-state index in [-0.39, 0.29) is 24.3 Å². The Hall–Kier alpha value is -2.06. The minimum Gasteiger partial charge on any atom is -0.466 e. The Bertz CT molecular complexity index is 869. The summed E-state index contributed by atoms with van der Waals surface area (Å²) in [7, 11) is 1.40. The Morgan fingerprint density at radius 3 is 2.86 bits per heavy atom. The molecule has 3 aliphatic rings. The van der Waals surface area contributed by atoms with Crippen LogP contribution in [0.25, 0.3) is 0 Å². The molecule has 0 saturated heterocycles. The number of nitrogens with zero attached hydrogens (tertiary/aromatic N) is 2. The van der Waals surface area contributed by atoms with Gasteiger partial charge in [-0.3, -0.25) is 4.79 Å². The largest absolute Gasteiger partial charge is 0.466 e. The van der Waals surface area contributed by atoms with E-state index in [2.05, 4.69) is 5.32 Å². The number of hydrogen-bond donors (Lipinski definition) is 1. The second-order valence-corrected chi connectivity index (χ2v) is 8.85. The van der Waals surface area contributed by atoms with E-state index in [0.29, 0.717) is 17.9 Å². The van der Waals surface area contributed by atoms with Crippen LogP contribution in [-0.2, 0) is 14.3 Å². The Labute approximate surface area is 172 Å². The summed E-state index contributed by atoms with van der Waals surface area (Å²) in [6.07, 6.45) is 3.32. The van der Waals surface area contributed by atoms with Crippen LogP contribution in [0, 0.1) is 5.92 Å². The van der Waals surface area contributed by atoms with Gasteiger partial charge in [0.2, 0.25) is 5.91 Å². The first-order valence-electron chi connectivity index (χ1n) is 9.47. The zero-order valence-corrected chi connectivity index (χ0v) is 17.6. The Morgan fingerprint density at radius 1 is 1.39 bits per heavy atom. The van der Waals surface area contributed by atoms with Crippen molar-refractivity contribution in [2.75, 3.05) is 13.7 Å². The molecule has 2 aliphatic heterocycles. The van der Waals surface area contributed by atoms with Gasteiger partial charge in [-0.2, -0.15) is 0 Å². The van der Waals surface area contributed by atoms with Crippen molar-refractivity contribution in [1.82, 2.24) is 10.2 Å². The van der Waals surface area contributed by atoms with Crippen molar-refractivity contribution in [1.29, 1.82) is 0 Å². The number of fused-ring (bicyclic) bond motifs is 1. The van der Waals surface area contributed by atoms with Crippen molar-refractivity contribution in [2.24, 2.45) is 10.9 Å². The molecule has 1 amide bonds. The van der Waals surface area contributed by atoms with E-state index in [1.807, 2.05) is 34.7 Å². The van der Waals surface area contributed by atoms with Crippen molar-refractivity contribution in [2.45, 2.75) is 38.6 Å². The number of nitrogens with one attached hydrogen (secondary N) is 1. The molecular weight excluding hydrogens is 394 g/mol. The number of thiophene rings is 1. The predicted octanol–water partition coefficient (Wildman–Crippen LogP) is 3.80. The SMILES string of the molecule is CCC1=C(C(=O)OC)C(c2cccs2)N2C(CC(=O)NCC3CC3)=CSC2=N1. The van der Waals surface area contributed by atoms with E-state index >= 15 is 0 Å². The van der Waals surface area contributed by atoms with Crippen molar-refractivity contribution in [3.8, 4) is 0 Å². The van der Waals surface area contributed by atoms with Gasteiger partial charge < -0.3 is 15.0 Å². The molecule has 3 heterocycles. The van der Waals surface area contributed by atoms with Crippen LogP contribution in [0.4, 0.5) is 0 Å². The third kappa shape index (κ3) is 3.75.